The molecule has 7 heteroatoms. The Labute approximate surface area is 174 Å². The highest BCUT2D eigenvalue weighted by Crippen LogP contribution is 2.31. The van der Waals surface area contributed by atoms with Gasteiger partial charge in [0.1, 0.15) is 17.4 Å². The Bertz CT molecular complexity index is 972. The maximum absolute atomic E-state index is 12.6. The van der Waals surface area contributed by atoms with Gasteiger partial charge in [-0.05, 0) is 49.7 Å². The number of halogens is 2. The van der Waals surface area contributed by atoms with Crippen LogP contribution in [0.5, 0.6) is 5.75 Å². The number of carbonyl (C=O) groups excluding carboxylic acids is 1. The van der Waals surface area contributed by atoms with Crippen LogP contribution in [0.3, 0.4) is 0 Å². The Balaban J connectivity index is 1.65. The Kier molecular flexibility index (Phi) is 6.60. The van der Waals surface area contributed by atoms with Crippen LogP contribution in [0, 0.1) is 0 Å². The molecule has 0 radical (unpaired) electrons. The average molecular weight is 418 g/mol. The van der Waals surface area contributed by atoms with Crippen molar-refractivity contribution in [1.29, 1.82) is 0 Å². The molecule has 1 unspecified atom stereocenters. The fourth-order valence-electron chi connectivity index (χ4n) is 2.70. The Morgan fingerprint density at radius 2 is 2.00 bits per heavy atom. The Morgan fingerprint density at radius 1 is 1.21 bits per heavy atom. The molecule has 1 aromatic heterocycles. The summed E-state index contributed by atoms with van der Waals surface area (Å²) in [5.41, 5.74) is 2.23. The highest BCUT2D eigenvalue weighted by atomic mass is 35.5. The summed E-state index contributed by atoms with van der Waals surface area (Å²) < 4.78 is 7.57. The smallest absolute Gasteiger partial charge is 0.251 e. The molecule has 1 heterocycles. The highest BCUT2D eigenvalue weighted by molar-refractivity contribution is 6.42. The van der Waals surface area contributed by atoms with Crippen LogP contribution >= 0.6 is 23.2 Å². The number of ether oxygens (including phenoxy) is 1. The fraction of sp³-hybridized carbons (Fsp3) is 0.238. The predicted molar refractivity (Wildman–Crippen MR) is 111 cm³/mol. The van der Waals surface area contributed by atoms with E-state index in [9.17, 15) is 4.79 Å². The van der Waals surface area contributed by atoms with Gasteiger partial charge in [0, 0.05) is 18.3 Å². The van der Waals surface area contributed by atoms with Crippen molar-refractivity contribution in [3.8, 4) is 5.75 Å². The fourth-order valence-corrected chi connectivity index (χ4v) is 3.04. The summed E-state index contributed by atoms with van der Waals surface area (Å²) in [6, 6.07) is 14.2. The van der Waals surface area contributed by atoms with Gasteiger partial charge in [-0.3, -0.25) is 9.48 Å². The minimum atomic E-state index is -0.189. The molecule has 3 rings (SSSR count). The summed E-state index contributed by atoms with van der Waals surface area (Å²) in [5, 5.41) is 8.21. The third-order valence-electron chi connectivity index (χ3n) is 4.28. The maximum atomic E-state index is 12.6. The lowest BCUT2D eigenvalue weighted by atomic mass is 10.1. The minimum Gasteiger partial charge on any atom is -0.487 e. The molecular weight excluding hydrogens is 397 g/mol. The quantitative estimate of drug-likeness (QED) is 0.568. The zero-order chi connectivity index (χ0) is 20.1. The number of carbonyl (C=O) groups is 1. The first-order valence-electron chi connectivity index (χ1n) is 8.98. The van der Waals surface area contributed by atoms with Crippen LogP contribution in [0.2, 0.25) is 10.0 Å². The lowest BCUT2D eigenvalue weighted by Gasteiger charge is -2.13. The van der Waals surface area contributed by atoms with Crippen molar-refractivity contribution in [2.45, 2.75) is 33.0 Å². The molecule has 2 aromatic carbocycles. The largest absolute Gasteiger partial charge is 0.487 e. The van der Waals surface area contributed by atoms with Crippen molar-refractivity contribution in [2.24, 2.45) is 0 Å². The van der Waals surface area contributed by atoms with Gasteiger partial charge in [0.05, 0.1) is 16.8 Å². The van der Waals surface area contributed by atoms with E-state index in [0.717, 1.165) is 17.8 Å². The SMILES string of the molecule is CCn1ccc(C(C)NC(=O)c2cccc(COc3cccc(Cl)c3Cl)c2)n1. The molecule has 1 amide bonds. The van der Waals surface area contributed by atoms with Crippen LogP contribution in [0.25, 0.3) is 0 Å². The number of nitrogens with zero attached hydrogens (tertiary/aromatic N) is 2. The summed E-state index contributed by atoms with van der Waals surface area (Å²) in [6.07, 6.45) is 1.90. The Morgan fingerprint density at radius 3 is 2.75 bits per heavy atom. The first-order valence-corrected chi connectivity index (χ1v) is 9.73. The first kappa shape index (κ1) is 20.2. The van der Waals surface area contributed by atoms with Crippen LogP contribution in [-0.4, -0.2) is 15.7 Å². The normalized spacial score (nSPS) is 11.9. The van der Waals surface area contributed by atoms with E-state index in [4.69, 9.17) is 27.9 Å². The van der Waals surface area contributed by atoms with Crippen molar-refractivity contribution < 1.29 is 9.53 Å². The summed E-state index contributed by atoms with van der Waals surface area (Å²) >= 11 is 12.1. The molecule has 3 aromatic rings. The highest BCUT2D eigenvalue weighted by Gasteiger charge is 2.14. The zero-order valence-corrected chi connectivity index (χ0v) is 17.2. The molecule has 0 bridgehead atoms. The minimum absolute atomic E-state index is 0.166. The number of hydrogen-bond donors (Lipinski definition) is 1. The standard InChI is InChI=1S/C21H21Cl2N3O2/c1-3-26-11-10-18(25-26)14(2)24-21(27)16-7-4-6-15(12-16)13-28-19-9-5-8-17(22)20(19)23/h4-12,14H,3,13H2,1-2H3,(H,24,27). The van der Waals surface area contributed by atoms with Crippen molar-refractivity contribution in [3.63, 3.8) is 0 Å². The van der Waals surface area contributed by atoms with Crippen molar-refractivity contribution in [1.82, 2.24) is 15.1 Å². The van der Waals surface area contributed by atoms with E-state index >= 15 is 0 Å². The van der Waals surface area contributed by atoms with Crippen LogP contribution in [0.4, 0.5) is 0 Å². The second kappa shape index (κ2) is 9.13. The van der Waals surface area contributed by atoms with E-state index in [-0.39, 0.29) is 18.6 Å². The van der Waals surface area contributed by atoms with Gasteiger partial charge in [-0.25, -0.2) is 0 Å². The van der Waals surface area contributed by atoms with E-state index in [2.05, 4.69) is 10.4 Å². The van der Waals surface area contributed by atoms with Gasteiger partial charge in [-0.1, -0.05) is 41.4 Å². The summed E-state index contributed by atoms with van der Waals surface area (Å²) in [5.74, 6) is 0.338. The van der Waals surface area contributed by atoms with Crippen LogP contribution < -0.4 is 10.1 Å². The molecular formula is C21H21Cl2N3O2. The van der Waals surface area contributed by atoms with Gasteiger partial charge in [-0.2, -0.15) is 5.10 Å². The summed E-state index contributed by atoms with van der Waals surface area (Å²) in [7, 11) is 0. The summed E-state index contributed by atoms with van der Waals surface area (Å²) in [6.45, 7) is 5.00. The molecule has 0 aliphatic heterocycles. The van der Waals surface area contributed by atoms with Crippen molar-refractivity contribution in [3.05, 3.63) is 81.6 Å². The molecule has 0 saturated carbocycles. The number of aryl methyl sites for hydroxylation is 1. The van der Waals surface area contributed by atoms with Gasteiger partial charge in [0.15, 0.2) is 0 Å². The molecule has 0 aliphatic carbocycles. The second-order valence-electron chi connectivity index (χ2n) is 6.33. The number of rotatable bonds is 7. The third-order valence-corrected chi connectivity index (χ3v) is 5.08. The van der Waals surface area contributed by atoms with Gasteiger partial charge in [0.2, 0.25) is 0 Å². The number of nitrogens with one attached hydrogen (secondary N) is 1. The molecule has 146 valence electrons. The van der Waals surface area contributed by atoms with Crippen molar-refractivity contribution >= 4 is 29.1 Å². The summed E-state index contributed by atoms with van der Waals surface area (Å²) in [4.78, 5) is 12.6. The average Bonchev–Trinajstić information content (AvgIpc) is 3.19. The Hall–Kier alpha value is -2.50. The number of aromatic nitrogens is 2. The number of hydrogen-bond acceptors (Lipinski definition) is 3. The molecule has 0 saturated heterocycles. The van der Waals surface area contributed by atoms with Crippen LogP contribution in [0.15, 0.2) is 54.7 Å². The van der Waals surface area contributed by atoms with Gasteiger partial charge in [0.25, 0.3) is 5.91 Å². The lowest BCUT2D eigenvalue weighted by molar-refractivity contribution is 0.0939. The predicted octanol–water partition coefficient (Wildman–Crippen LogP) is 5.28. The number of amides is 1. The van der Waals surface area contributed by atoms with Crippen LogP contribution in [-0.2, 0) is 13.2 Å². The molecule has 0 fully saturated rings. The van der Waals surface area contributed by atoms with E-state index < -0.39 is 0 Å². The molecule has 0 spiro atoms. The van der Waals surface area contributed by atoms with E-state index in [0.29, 0.717) is 21.4 Å². The van der Waals surface area contributed by atoms with Crippen molar-refractivity contribution in [2.75, 3.05) is 0 Å². The molecule has 1 atom stereocenters. The molecule has 5 nitrogen and oxygen atoms in total. The first-order chi connectivity index (χ1) is 13.5. The topological polar surface area (TPSA) is 56.2 Å². The molecule has 1 N–H and O–H groups in total. The van der Waals surface area contributed by atoms with E-state index in [1.807, 2.05) is 42.9 Å². The van der Waals surface area contributed by atoms with Gasteiger partial charge in [-0.15, -0.1) is 0 Å². The van der Waals surface area contributed by atoms with E-state index in [1.54, 1.807) is 30.3 Å². The monoisotopic (exact) mass is 417 g/mol. The van der Waals surface area contributed by atoms with E-state index in [1.165, 1.54) is 0 Å². The number of benzene rings is 2. The molecule has 0 aliphatic rings. The third kappa shape index (κ3) is 4.86. The maximum Gasteiger partial charge on any atom is 0.251 e. The van der Waals surface area contributed by atoms with Crippen LogP contribution in [0.1, 0.15) is 41.5 Å². The lowest BCUT2D eigenvalue weighted by Crippen LogP contribution is -2.27. The van der Waals surface area contributed by atoms with Gasteiger partial charge >= 0.3 is 0 Å². The zero-order valence-electron chi connectivity index (χ0n) is 15.7. The van der Waals surface area contributed by atoms with Gasteiger partial charge < -0.3 is 10.1 Å². The second-order valence-corrected chi connectivity index (χ2v) is 7.12. The molecule has 28 heavy (non-hydrogen) atoms.